The molecular formula is C16H21N3S. The third-order valence-corrected chi connectivity index (χ3v) is 6.12. The minimum Gasteiger partial charge on any atom is -0.351 e. The summed E-state index contributed by atoms with van der Waals surface area (Å²) in [7, 11) is 0. The van der Waals surface area contributed by atoms with Crippen molar-refractivity contribution < 1.29 is 0 Å². The summed E-state index contributed by atoms with van der Waals surface area (Å²) in [5.41, 5.74) is 1.55. The first-order valence-corrected chi connectivity index (χ1v) is 8.61. The third-order valence-electron chi connectivity index (χ3n) is 4.92. The van der Waals surface area contributed by atoms with Gasteiger partial charge in [0.05, 0.1) is 5.39 Å². The molecule has 0 saturated carbocycles. The number of thiophene rings is 1. The van der Waals surface area contributed by atoms with Crippen LogP contribution in [-0.2, 0) is 12.8 Å². The Morgan fingerprint density at radius 2 is 1.90 bits per heavy atom. The van der Waals surface area contributed by atoms with Crippen LogP contribution in [0.2, 0.25) is 0 Å². The van der Waals surface area contributed by atoms with Crippen LogP contribution in [0.15, 0.2) is 6.33 Å². The fourth-order valence-corrected chi connectivity index (χ4v) is 5.17. The molecule has 2 atom stereocenters. The van der Waals surface area contributed by atoms with Crippen molar-refractivity contribution in [3.63, 3.8) is 0 Å². The lowest BCUT2D eigenvalue weighted by Gasteiger charge is -2.40. The lowest BCUT2D eigenvalue weighted by atomic mass is 9.97. The number of nitrogens with zero attached hydrogens (tertiary/aromatic N) is 3. The van der Waals surface area contributed by atoms with Gasteiger partial charge in [-0.2, -0.15) is 0 Å². The Labute approximate surface area is 124 Å². The van der Waals surface area contributed by atoms with Crippen LogP contribution in [0.5, 0.6) is 0 Å². The number of anilines is 1. The predicted molar refractivity (Wildman–Crippen MR) is 84.7 cm³/mol. The molecule has 1 aliphatic carbocycles. The second kappa shape index (κ2) is 4.69. The minimum atomic E-state index is 0.591. The van der Waals surface area contributed by atoms with Gasteiger partial charge in [0, 0.05) is 17.0 Å². The number of piperidine rings is 1. The largest absolute Gasteiger partial charge is 0.351 e. The topological polar surface area (TPSA) is 29.0 Å². The first kappa shape index (κ1) is 12.6. The zero-order valence-electron chi connectivity index (χ0n) is 12.2. The van der Waals surface area contributed by atoms with E-state index in [0.29, 0.717) is 12.1 Å². The highest BCUT2D eigenvalue weighted by Gasteiger charge is 2.30. The number of aromatic nitrogens is 2. The Kier molecular flexibility index (Phi) is 2.95. The molecular weight excluding hydrogens is 266 g/mol. The highest BCUT2D eigenvalue weighted by Crippen LogP contribution is 2.42. The Bertz CT molecular complexity index is 638. The van der Waals surface area contributed by atoms with Gasteiger partial charge >= 0.3 is 0 Å². The lowest BCUT2D eigenvalue weighted by molar-refractivity contribution is 0.412. The maximum atomic E-state index is 4.70. The Morgan fingerprint density at radius 1 is 1.10 bits per heavy atom. The van der Waals surface area contributed by atoms with Gasteiger partial charge in [-0.1, -0.05) is 0 Å². The fourth-order valence-electron chi connectivity index (χ4n) is 3.95. The lowest BCUT2D eigenvalue weighted by Crippen LogP contribution is -2.44. The standard InChI is InChI=1S/C16H21N3S/c1-10-5-3-6-11(2)19(10)15-14-12-7-4-8-13(12)20-16(14)18-9-17-15/h9-11H,3-8H2,1-2H3. The molecule has 0 bridgehead atoms. The maximum absolute atomic E-state index is 4.70. The average molecular weight is 287 g/mol. The quantitative estimate of drug-likeness (QED) is 0.795. The molecule has 20 heavy (non-hydrogen) atoms. The van der Waals surface area contributed by atoms with Gasteiger partial charge in [0.2, 0.25) is 0 Å². The average Bonchev–Trinajstić information content (AvgIpc) is 2.98. The second-order valence-corrected chi connectivity index (χ2v) is 7.35. The molecule has 2 unspecified atom stereocenters. The number of hydrogen-bond donors (Lipinski definition) is 0. The van der Waals surface area contributed by atoms with Gasteiger partial charge in [0.15, 0.2) is 0 Å². The van der Waals surface area contributed by atoms with Gasteiger partial charge in [-0.15, -0.1) is 11.3 Å². The molecule has 3 nitrogen and oxygen atoms in total. The fraction of sp³-hybridized carbons (Fsp3) is 0.625. The van der Waals surface area contributed by atoms with E-state index in [1.165, 1.54) is 54.6 Å². The molecule has 4 rings (SSSR count). The summed E-state index contributed by atoms with van der Waals surface area (Å²) in [6, 6.07) is 1.18. The molecule has 0 spiro atoms. The molecule has 0 N–H and O–H groups in total. The summed E-state index contributed by atoms with van der Waals surface area (Å²) < 4.78 is 0. The number of fused-ring (bicyclic) bond motifs is 3. The molecule has 1 fully saturated rings. The van der Waals surface area contributed by atoms with Crippen LogP contribution < -0.4 is 4.90 Å². The number of aryl methyl sites for hydroxylation is 2. The van der Waals surface area contributed by atoms with E-state index in [-0.39, 0.29) is 0 Å². The summed E-state index contributed by atoms with van der Waals surface area (Å²) >= 11 is 1.89. The molecule has 2 aromatic rings. The van der Waals surface area contributed by atoms with Crippen LogP contribution in [0, 0.1) is 0 Å². The van der Waals surface area contributed by atoms with Gasteiger partial charge in [-0.25, -0.2) is 9.97 Å². The van der Waals surface area contributed by atoms with Crippen LogP contribution in [0.25, 0.3) is 10.2 Å². The van der Waals surface area contributed by atoms with E-state index in [1.54, 1.807) is 16.8 Å². The third kappa shape index (κ3) is 1.77. The van der Waals surface area contributed by atoms with E-state index < -0.39 is 0 Å². The van der Waals surface area contributed by atoms with Crippen molar-refractivity contribution in [3.05, 3.63) is 16.8 Å². The van der Waals surface area contributed by atoms with Gasteiger partial charge < -0.3 is 4.90 Å². The van der Waals surface area contributed by atoms with E-state index >= 15 is 0 Å². The van der Waals surface area contributed by atoms with Crippen LogP contribution >= 0.6 is 11.3 Å². The molecule has 106 valence electrons. The zero-order chi connectivity index (χ0) is 13.7. The number of hydrogen-bond acceptors (Lipinski definition) is 4. The summed E-state index contributed by atoms with van der Waals surface area (Å²) in [6.45, 7) is 4.69. The smallest absolute Gasteiger partial charge is 0.141 e. The van der Waals surface area contributed by atoms with Crippen molar-refractivity contribution in [2.75, 3.05) is 4.90 Å². The zero-order valence-corrected chi connectivity index (χ0v) is 13.0. The summed E-state index contributed by atoms with van der Waals surface area (Å²) in [5, 5.41) is 1.37. The minimum absolute atomic E-state index is 0.591. The van der Waals surface area contributed by atoms with Gasteiger partial charge in [-0.3, -0.25) is 0 Å². The number of rotatable bonds is 1. The van der Waals surface area contributed by atoms with Crippen molar-refractivity contribution in [2.24, 2.45) is 0 Å². The predicted octanol–water partition coefficient (Wildman–Crippen LogP) is 3.95. The Morgan fingerprint density at radius 3 is 2.70 bits per heavy atom. The van der Waals surface area contributed by atoms with Crippen molar-refractivity contribution >= 4 is 27.4 Å². The van der Waals surface area contributed by atoms with E-state index in [1.807, 2.05) is 11.3 Å². The molecule has 0 aromatic carbocycles. The van der Waals surface area contributed by atoms with Crippen molar-refractivity contribution in [1.29, 1.82) is 0 Å². The first-order valence-electron chi connectivity index (χ1n) is 7.79. The molecule has 2 aromatic heterocycles. The van der Waals surface area contributed by atoms with Gasteiger partial charge in [0.25, 0.3) is 0 Å². The second-order valence-electron chi connectivity index (χ2n) is 6.27. The Balaban J connectivity index is 1.90. The van der Waals surface area contributed by atoms with Gasteiger partial charge in [-0.05, 0) is 57.9 Å². The van der Waals surface area contributed by atoms with Gasteiger partial charge in [0.1, 0.15) is 17.0 Å². The first-order chi connectivity index (χ1) is 9.75. The summed E-state index contributed by atoms with van der Waals surface area (Å²) in [4.78, 5) is 14.5. The monoisotopic (exact) mass is 287 g/mol. The molecule has 4 heteroatoms. The van der Waals surface area contributed by atoms with Crippen LogP contribution in [-0.4, -0.2) is 22.1 Å². The molecule has 2 aliphatic rings. The van der Waals surface area contributed by atoms with E-state index in [9.17, 15) is 0 Å². The van der Waals surface area contributed by atoms with E-state index in [0.717, 1.165) is 0 Å². The molecule has 0 radical (unpaired) electrons. The van der Waals surface area contributed by atoms with Crippen LogP contribution in [0.3, 0.4) is 0 Å². The van der Waals surface area contributed by atoms with Crippen LogP contribution in [0.1, 0.15) is 50.0 Å². The highest BCUT2D eigenvalue weighted by atomic mass is 32.1. The van der Waals surface area contributed by atoms with Crippen LogP contribution in [0.4, 0.5) is 5.82 Å². The normalized spacial score (nSPS) is 26.2. The molecule has 1 saturated heterocycles. The van der Waals surface area contributed by atoms with Crippen molar-refractivity contribution in [2.45, 2.75) is 64.5 Å². The van der Waals surface area contributed by atoms with E-state index in [4.69, 9.17) is 4.98 Å². The van der Waals surface area contributed by atoms with Crippen molar-refractivity contribution in [1.82, 2.24) is 9.97 Å². The Hall–Kier alpha value is -1.16. The van der Waals surface area contributed by atoms with E-state index in [2.05, 4.69) is 23.7 Å². The molecule has 3 heterocycles. The highest BCUT2D eigenvalue weighted by molar-refractivity contribution is 7.19. The molecule has 0 amide bonds. The van der Waals surface area contributed by atoms with Crippen molar-refractivity contribution in [3.8, 4) is 0 Å². The maximum Gasteiger partial charge on any atom is 0.141 e. The SMILES string of the molecule is CC1CCCC(C)N1c1ncnc2sc3c(c12)CCC3. The summed E-state index contributed by atoms with van der Waals surface area (Å²) in [5.74, 6) is 1.20. The molecule has 1 aliphatic heterocycles. The summed E-state index contributed by atoms with van der Waals surface area (Å²) in [6.07, 6.45) is 9.42.